The van der Waals surface area contributed by atoms with Crippen molar-refractivity contribution in [2.45, 2.75) is 49.9 Å². The van der Waals surface area contributed by atoms with Crippen molar-refractivity contribution in [3.8, 4) is 0 Å². The van der Waals surface area contributed by atoms with Crippen molar-refractivity contribution in [2.75, 3.05) is 5.32 Å². The summed E-state index contributed by atoms with van der Waals surface area (Å²) in [6.45, 7) is 0. The van der Waals surface area contributed by atoms with E-state index in [4.69, 9.17) is 0 Å². The molecular formula is C18H20N2OS. The van der Waals surface area contributed by atoms with Crippen molar-refractivity contribution in [2.24, 2.45) is 0 Å². The predicted octanol–water partition coefficient (Wildman–Crippen LogP) is 4.47. The van der Waals surface area contributed by atoms with Gasteiger partial charge in [0.1, 0.15) is 0 Å². The van der Waals surface area contributed by atoms with Gasteiger partial charge in [0.25, 0.3) is 0 Å². The normalized spacial score (nSPS) is 20.0. The molecule has 0 bridgehead atoms. The minimum Gasteiger partial charge on any atom is -0.301 e. The molecule has 2 aliphatic rings. The first kappa shape index (κ1) is 13.9. The van der Waals surface area contributed by atoms with E-state index in [1.54, 1.807) is 11.3 Å². The van der Waals surface area contributed by atoms with Gasteiger partial charge >= 0.3 is 0 Å². The summed E-state index contributed by atoms with van der Waals surface area (Å²) in [5.74, 6) is 0.754. The van der Waals surface area contributed by atoms with Gasteiger partial charge in [-0.05, 0) is 31.2 Å². The molecule has 1 aromatic carbocycles. The van der Waals surface area contributed by atoms with E-state index in [1.807, 2.05) is 18.2 Å². The standard InChI is InChI=1S/C18H20N2OS/c21-16(20-17-19-15(12-22-17)13-8-9-13)18(10-4-5-11-18)14-6-2-1-3-7-14/h1-3,6-7,12-13H,4-5,8-11H2,(H,19,20,21). The maximum Gasteiger partial charge on any atom is 0.236 e. The molecule has 0 atom stereocenters. The van der Waals surface area contributed by atoms with Crippen molar-refractivity contribution in [3.05, 3.63) is 47.0 Å². The van der Waals surface area contributed by atoms with Crippen molar-refractivity contribution in [3.63, 3.8) is 0 Å². The molecule has 1 amide bonds. The molecule has 3 nitrogen and oxygen atoms in total. The van der Waals surface area contributed by atoms with Crippen LogP contribution in [0.1, 0.15) is 55.7 Å². The number of nitrogens with one attached hydrogen (secondary N) is 1. The first-order chi connectivity index (χ1) is 10.8. The van der Waals surface area contributed by atoms with Crippen LogP contribution in [-0.4, -0.2) is 10.9 Å². The van der Waals surface area contributed by atoms with Crippen molar-refractivity contribution in [1.82, 2.24) is 4.98 Å². The highest BCUT2D eigenvalue weighted by molar-refractivity contribution is 7.14. The average Bonchev–Trinajstić information content (AvgIpc) is 3.10. The Bertz CT molecular complexity index is 669. The lowest BCUT2D eigenvalue weighted by Gasteiger charge is -2.27. The second-order valence-electron chi connectivity index (χ2n) is 6.46. The number of hydrogen-bond acceptors (Lipinski definition) is 3. The van der Waals surface area contributed by atoms with Gasteiger partial charge in [0.05, 0.1) is 11.1 Å². The van der Waals surface area contributed by atoms with Gasteiger partial charge in [0.2, 0.25) is 5.91 Å². The van der Waals surface area contributed by atoms with Crippen LogP contribution in [0.3, 0.4) is 0 Å². The average molecular weight is 312 g/mol. The molecule has 1 N–H and O–H groups in total. The van der Waals surface area contributed by atoms with Crippen LogP contribution in [0.15, 0.2) is 35.7 Å². The van der Waals surface area contributed by atoms with E-state index in [-0.39, 0.29) is 11.3 Å². The van der Waals surface area contributed by atoms with Crippen LogP contribution >= 0.6 is 11.3 Å². The van der Waals surface area contributed by atoms with Crippen LogP contribution in [0.4, 0.5) is 5.13 Å². The molecule has 0 spiro atoms. The highest BCUT2D eigenvalue weighted by Gasteiger charge is 2.42. The maximum atomic E-state index is 13.0. The largest absolute Gasteiger partial charge is 0.301 e. The zero-order chi connectivity index (χ0) is 15.0. The van der Waals surface area contributed by atoms with Gasteiger partial charge in [-0.3, -0.25) is 4.79 Å². The number of hydrogen-bond donors (Lipinski definition) is 1. The number of anilines is 1. The topological polar surface area (TPSA) is 42.0 Å². The molecule has 0 aliphatic heterocycles. The molecule has 0 unspecified atom stereocenters. The van der Waals surface area contributed by atoms with Gasteiger partial charge in [-0.15, -0.1) is 11.3 Å². The molecule has 2 aromatic rings. The van der Waals surface area contributed by atoms with E-state index in [0.717, 1.165) is 42.1 Å². The van der Waals surface area contributed by atoms with E-state index in [1.165, 1.54) is 12.8 Å². The Labute approximate surface area is 134 Å². The molecule has 4 rings (SSSR count). The van der Waals surface area contributed by atoms with E-state index >= 15 is 0 Å². The monoisotopic (exact) mass is 312 g/mol. The van der Waals surface area contributed by atoms with E-state index < -0.39 is 0 Å². The van der Waals surface area contributed by atoms with E-state index in [9.17, 15) is 4.79 Å². The predicted molar refractivity (Wildman–Crippen MR) is 89.3 cm³/mol. The van der Waals surface area contributed by atoms with Crippen LogP contribution in [0.2, 0.25) is 0 Å². The molecule has 0 saturated heterocycles. The number of carbonyl (C=O) groups excluding carboxylic acids is 1. The van der Waals surface area contributed by atoms with Crippen LogP contribution in [0, 0.1) is 0 Å². The smallest absolute Gasteiger partial charge is 0.236 e. The number of amides is 1. The highest BCUT2D eigenvalue weighted by Crippen LogP contribution is 2.43. The third-order valence-corrected chi connectivity index (χ3v) is 5.73. The summed E-state index contributed by atoms with van der Waals surface area (Å²) >= 11 is 1.56. The third kappa shape index (κ3) is 2.45. The molecule has 4 heteroatoms. The lowest BCUT2D eigenvalue weighted by atomic mass is 9.78. The van der Waals surface area contributed by atoms with Crippen LogP contribution in [-0.2, 0) is 10.2 Å². The molecule has 2 saturated carbocycles. The summed E-state index contributed by atoms with van der Waals surface area (Å²) in [4.78, 5) is 17.6. The summed E-state index contributed by atoms with van der Waals surface area (Å²) in [5.41, 5.74) is 1.93. The highest BCUT2D eigenvalue weighted by atomic mass is 32.1. The van der Waals surface area contributed by atoms with Gasteiger partial charge in [0, 0.05) is 11.3 Å². The molecule has 1 heterocycles. The molecule has 22 heavy (non-hydrogen) atoms. The van der Waals surface area contributed by atoms with Crippen molar-refractivity contribution < 1.29 is 4.79 Å². The van der Waals surface area contributed by atoms with Crippen molar-refractivity contribution >= 4 is 22.4 Å². The lowest BCUT2D eigenvalue weighted by molar-refractivity contribution is -0.121. The third-order valence-electron chi connectivity index (χ3n) is 4.96. The molecule has 1 aromatic heterocycles. The van der Waals surface area contributed by atoms with E-state index in [0.29, 0.717) is 5.92 Å². The molecule has 0 radical (unpaired) electrons. The first-order valence-electron chi connectivity index (χ1n) is 8.10. The van der Waals surface area contributed by atoms with Gasteiger partial charge < -0.3 is 5.32 Å². The number of carbonyl (C=O) groups is 1. The van der Waals surface area contributed by atoms with Gasteiger partial charge in [0.15, 0.2) is 5.13 Å². The number of nitrogens with zero attached hydrogens (tertiary/aromatic N) is 1. The Morgan fingerprint density at radius 1 is 1.18 bits per heavy atom. The Morgan fingerprint density at radius 3 is 2.59 bits per heavy atom. The molecule has 2 aliphatic carbocycles. The number of benzene rings is 1. The lowest BCUT2D eigenvalue weighted by Crippen LogP contribution is -2.37. The second-order valence-corrected chi connectivity index (χ2v) is 7.32. The number of thiazole rings is 1. The van der Waals surface area contributed by atoms with Gasteiger partial charge in [-0.2, -0.15) is 0 Å². The van der Waals surface area contributed by atoms with E-state index in [2.05, 4.69) is 27.8 Å². The molecule has 2 fully saturated rings. The minimum atomic E-state index is -0.368. The Balaban J connectivity index is 1.58. The Kier molecular flexibility index (Phi) is 3.49. The van der Waals surface area contributed by atoms with Gasteiger partial charge in [-0.1, -0.05) is 43.2 Å². The van der Waals surface area contributed by atoms with Crippen LogP contribution in [0.25, 0.3) is 0 Å². The quantitative estimate of drug-likeness (QED) is 0.905. The van der Waals surface area contributed by atoms with Crippen LogP contribution < -0.4 is 5.32 Å². The fourth-order valence-electron chi connectivity index (χ4n) is 3.51. The zero-order valence-corrected chi connectivity index (χ0v) is 13.4. The second kappa shape index (κ2) is 5.51. The SMILES string of the molecule is O=C(Nc1nc(C2CC2)cs1)C1(c2ccccc2)CCCC1. The summed E-state index contributed by atoms with van der Waals surface area (Å²) in [5, 5.41) is 5.95. The summed E-state index contributed by atoms with van der Waals surface area (Å²) in [6.07, 6.45) is 6.59. The summed E-state index contributed by atoms with van der Waals surface area (Å²) in [7, 11) is 0. The fraction of sp³-hybridized carbons (Fsp3) is 0.444. The summed E-state index contributed by atoms with van der Waals surface area (Å²) < 4.78 is 0. The molecular weight excluding hydrogens is 292 g/mol. The maximum absolute atomic E-state index is 13.0. The molecule has 114 valence electrons. The van der Waals surface area contributed by atoms with Crippen LogP contribution in [0.5, 0.6) is 0 Å². The number of aromatic nitrogens is 1. The summed E-state index contributed by atoms with van der Waals surface area (Å²) in [6, 6.07) is 10.2. The Hall–Kier alpha value is -1.68. The van der Waals surface area contributed by atoms with Crippen molar-refractivity contribution in [1.29, 1.82) is 0 Å². The van der Waals surface area contributed by atoms with Gasteiger partial charge in [-0.25, -0.2) is 4.98 Å². The minimum absolute atomic E-state index is 0.118. The fourth-order valence-corrected chi connectivity index (χ4v) is 4.30. The zero-order valence-electron chi connectivity index (χ0n) is 12.5. The number of rotatable bonds is 4. The Morgan fingerprint density at radius 2 is 1.91 bits per heavy atom. The first-order valence-corrected chi connectivity index (χ1v) is 8.98.